The summed E-state index contributed by atoms with van der Waals surface area (Å²) in [7, 11) is 0. The summed E-state index contributed by atoms with van der Waals surface area (Å²) in [6, 6.07) is 10.8. The molecule has 0 aromatic heterocycles. The number of hydrogen-bond acceptors (Lipinski definition) is 3. The summed E-state index contributed by atoms with van der Waals surface area (Å²) < 4.78 is 5.27. The first kappa shape index (κ1) is 12.3. The second kappa shape index (κ2) is 6.63. The SMILES string of the molecule is N#CC(C#N)=CCOCc1cccc(Cl)c1. The Morgan fingerprint density at radius 1 is 1.38 bits per heavy atom. The molecule has 1 aromatic rings. The van der Waals surface area contributed by atoms with Crippen molar-refractivity contribution < 1.29 is 4.74 Å². The van der Waals surface area contributed by atoms with Crippen LogP contribution in [0.4, 0.5) is 0 Å². The highest BCUT2D eigenvalue weighted by Gasteiger charge is 1.94. The summed E-state index contributed by atoms with van der Waals surface area (Å²) in [4.78, 5) is 0. The fourth-order valence-corrected chi connectivity index (χ4v) is 1.27. The summed E-state index contributed by atoms with van der Waals surface area (Å²) in [5.74, 6) is 0. The molecule has 0 fully saturated rings. The van der Waals surface area contributed by atoms with E-state index >= 15 is 0 Å². The Labute approximate surface area is 99.1 Å². The molecule has 0 amide bonds. The minimum Gasteiger partial charge on any atom is -0.373 e. The number of rotatable bonds is 4. The molecular formula is C12H9ClN2O. The maximum atomic E-state index is 8.46. The number of nitrogens with zero attached hydrogens (tertiary/aromatic N) is 2. The molecular weight excluding hydrogens is 224 g/mol. The van der Waals surface area contributed by atoms with E-state index in [1.165, 1.54) is 6.08 Å². The third kappa shape index (κ3) is 4.14. The van der Waals surface area contributed by atoms with E-state index < -0.39 is 0 Å². The predicted octanol–water partition coefficient (Wildman–Crippen LogP) is 2.83. The standard InChI is InChI=1S/C12H9ClN2O/c13-12-3-1-2-10(6-12)9-16-5-4-11(7-14)8-15/h1-4,6H,5,9H2. The molecule has 0 N–H and O–H groups in total. The van der Waals surface area contributed by atoms with Crippen LogP contribution in [0.25, 0.3) is 0 Å². The lowest BCUT2D eigenvalue weighted by Crippen LogP contribution is -1.93. The monoisotopic (exact) mass is 232 g/mol. The Bertz CT molecular complexity index is 453. The summed E-state index contributed by atoms with van der Waals surface area (Å²) in [5, 5.41) is 17.6. The van der Waals surface area contributed by atoms with E-state index in [0.717, 1.165) is 5.56 Å². The van der Waals surface area contributed by atoms with Gasteiger partial charge in [-0.25, -0.2) is 0 Å². The highest BCUT2D eigenvalue weighted by atomic mass is 35.5. The molecule has 0 unspecified atom stereocenters. The van der Waals surface area contributed by atoms with Crippen molar-refractivity contribution in [3.05, 3.63) is 46.5 Å². The average Bonchev–Trinajstić information content (AvgIpc) is 2.29. The molecule has 0 radical (unpaired) electrons. The van der Waals surface area contributed by atoms with Crippen LogP contribution in [0.1, 0.15) is 5.56 Å². The third-order valence-corrected chi connectivity index (χ3v) is 2.04. The number of allylic oxidation sites excluding steroid dienone is 1. The van der Waals surface area contributed by atoms with Gasteiger partial charge in [0.15, 0.2) is 0 Å². The summed E-state index contributed by atoms with van der Waals surface area (Å²) in [5.41, 5.74) is 1.02. The first-order valence-corrected chi connectivity index (χ1v) is 4.96. The first-order chi connectivity index (χ1) is 7.76. The van der Waals surface area contributed by atoms with Gasteiger partial charge in [0.05, 0.1) is 13.2 Å². The van der Waals surface area contributed by atoms with Crippen molar-refractivity contribution in [1.82, 2.24) is 0 Å². The van der Waals surface area contributed by atoms with Crippen LogP contribution in [0.3, 0.4) is 0 Å². The lowest BCUT2D eigenvalue weighted by atomic mass is 10.2. The molecule has 0 saturated heterocycles. The second-order valence-corrected chi connectivity index (χ2v) is 3.42. The molecule has 0 aliphatic heterocycles. The van der Waals surface area contributed by atoms with Crippen LogP contribution < -0.4 is 0 Å². The molecule has 0 atom stereocenters. The van der Waals surface area contributed by atoms with Gasteiger partial charge in [-0.2, -0.15) is 10.5 Å². The lowest BCUT2D eigenvalue weighted by molar-refractivity contribution is 0.148. The quantitative estimate of drug-likeness (QED) is 0.593. The molecule has 4 heteroatoms. The summed E-state index contributed by atoms with van der Waals surface area (Å²) in [6.45, 7) is 0.643. The number of hydrogen-bond donors (Lipinski definition) is 0. The van der Waals surface area contributed by atoms with Crippen LogP contribution in [0.5, 0.6) is 0 Å². The maximum absolute atomic E-state index is 8.46. The van der Waals surface area contributed by atoms with Crippen LogP contribution >= 0.6 is 11.6 Å². The normalized spacial score (nSPS) is 8.94. The Balaban J connectivity index is 2.41. The zero-order valence-electron chi connectivity index (χ0n) is 8.48. The number of benzene rings is 1. The molecule has 0 saturated carbocycles. The zero-order valence-corrected chi connectivity index (χ0v) is 9.24. The molecule has 0 aliphatic rings. The Kier molecular flexibility index (Phi) is 5.08. The van der Waals surface area contributed by atoms with E-state index in [2.05, 4.69) is 0 Å². The second-order valence-electron chi connectivity index (χ2n) is 2.99. The van der Waals surface area contributed by atoms with Crippen LogP contribution in [-0.4, -0.2) is 6.61 Å². The Hall–Kier alpha value is -1.81. The van der Waals surface area contributed by atoms with Gasteiger partial charge in [0.25, 0.3) is 0 Å². The number of ether oxygens (including phenoxy) is 1. The molecule has 80 valence electrons. The van der Waals surface area contributed by atoms with Crippen LogP contribution in [0.2, 0.25) is 5.02 Å². The smallest absolute Gasteiger partial charge is 0.127 e. The van der Waals surface area contributed by atoms with Crippen molar-refractivity contribution in [3.63, 3.8) is 0 Å². The first-order valence-electron chi connectivity index (χ1n) is 4.59. The van der Waals surface area contributed by atoms with Crippen molar-refractivity contribution in [2.75, 3.05) is 6.61 Å². The molecule has 3 nitrogen and oxygen atoms in total. The van der Waals surface area contributed by atoms with Gasteiger partial charge in [-0.1, -0.05) is 23.7 Å². The van der Waals surface area contributed by atoms with E-state index in [4.69, 9.17) is 26.9 Å². The fraction of sp³-hybridized carbons (Fsp3) is 0.167. The van der Waals surface area contributed by atoms with Crippen molar-refractivity contribution >= 4 is 11.6 Å². The Morgan fingerprint density at radius 2 is 2.12 bits per heavy atom. The van der Waals surface area contributed by atoms with E-state index in [9.17, 15) is 0 Å². The Morgan fingerprint density at radius 3 is 2.75 bits per heavy atom. The minimum absolute atomic E-state index is 0.0612. The number of nitriles is 2. The minimum atomic E-state index is 0.0612. The average molecular weight is 233 g/mol. The van der Waals surface area contributed by atoms with Gasteiger partial charge in [0, 0.05) is 5.02 Å². The zero-order chi connectivity index (χ0) is 11.8. The third-order valence-electron chi connectivity index (χ3n) is 1.80. The molecule has 0 spiro atoms. The van der Waals surface area contributed by atoms with Gasteiger partial charge in [0.1, 0.15) is 17.7 Å². The largest absolute Gasteiger partial charge is 0.373 e. The van der Waals surface area contributed by atoms with E-state index in [0.29, 0.717) is 11.6 Å². The fourth-order valence-electron chi connectivity index (χ4n) is 1.06. The van der Waals surface area contributed by atoms with E-state index in [-0.39, 0.29) is 12.2 Å². The van der Waals surface area contributed by atoms with E-state index in [1.807, 2.05) is 12.1 Å². The highest BCUT2D eigenvalue weighted by Crippen LogP contribution is 2.11. The van der Waals surface area contributed by atoms with Gasteiger partial charge in [-0.15, -0.1) is 0 Å². The summed E-state index contributed by atoms with van der Waals surface area (Å²) >= 11 is 5.80. The van der Waals surface area contributed by atoms with Crippen LogP contribution in [0, 0.1) is 22.7 Å². The molecule has 0 aliphatic carbocycles. The van der Waals surface area contributed by atoms with Crippen molar-refractivity contribution in [2.24, 2.45) is 0 Å². The topological polar surface area (TPSA) is 56.8 Å². The van der Waals surface area contributed by atoms with Gasteiger partial charge in [-0.3, -0.25) is 0 Å². The van der Waals surface area contributed by atoms with E-state index in [1.54, 1.807) is 24.3 Å². The highest BCUT2D eigenvalue weighted by molar-refractivity contribution is 6.30. The van der Waals surface area contributed by atoms with Gasteiger partial charge in [-0.05, 0) is 23.8 Å². The lowest BCUT2D eigenvalue weighted by Gasteiger charge is -2.01. The predicted molar refractivity (Wildman–Crippen MR) is 60.4 cm³/mol. The van der Waals surface area contributed by atoms with Crippen LogP contribution in [-0.2, 0) is 11.3 Å². The van der Waals surface area contributed by atoms with Crippen molar-refractivity contribution in [2.45, 2.75) is 6.61 Å². The van der Waals surface area contributed by atoms with Gasteiger partial charge < -0.3 is 4.74 Å². The van der Waals surface area contributed by atoms with Gasteiger partial charge >= 0.3 is 0 Å². The molecule has 1 aromatic carbocycles. The van der Waals surface area contributed by atoms with Crippen molar-refractivity contribution in [3.8, 4) is 12.1 Å². The molecule has 0 heterocycles. The molecule has 1 rings (SSSR count). The van der Waals surface area contributed by atoms with Crippen LogP contribution in [0.15, 0.2) is 35.9 Å². The number of halogens is 1. The van der Waals surface area contributed by atoms with Gasteiger partial charge in [0.2, 0.25) is 0 Å². The molecule has 0 bridgehead atoms. The summed E-state index contributed by atoms with van der Waals surface area (Å²) in [6.07, 6.45) is 1.45. The van der Waals surface area contributed by atoms with Crippen molar-refractivity contribution in [1.29, 1.82) is 10.5 Å². The molecule has 16 heavy (non-hydrogen) atoms. The maximum Gasteiger partial charge on any atom is 0.127 e.